The standard InChI is InChI=1S/C26H30N4O3/c1-5-7-15-30-17(3)22(23(27-26(30)31)19-13-11-18(6-2)12-14-19)25-28-24(29-33-25)20-9-8-10-21(16-20)32-4/h8-14,16,23H,5-7,15H2,1-4H3,(H,27,31). The van der Waals surface area contributed by atoms with E-state index in [9.17, 15) is 4.79 Å². The number of amides is 2. The molecule has 33 heavy (non-hydrogen) atoms. The summed E-state index contributed by atoms with van der Waals surface area (Å²) in [5, 5.41) is 7.38. The summed E-state index contributed by atoms with van der Waals surface area (Å²) < 4.78 is 11.1. The molecule has 0 fully saturated rings. The Morgan fingerprint density at radius 1 is 1.15 bits per heavy atom. The van der Waals surface area contributed by atoms with Crippen molar-refractivity contribution >= 4 is 11.6 Å². The van der Waals surface area contributed by atoms with Gasteiger partial charge in [0.1, 0.15) is 5.75 Å². The first-order valence-corrected chi connectivity index (χ1v) is 11.4. The van der Waals surface area contributed by atoms with Gasteiger partial charge in [-0.15, -0.1) is 0 Å². The minimum absolute atomic E-state index is 0.109. The van der Waals surface area contributed by atoms with Crippen LogP contribution in [-0.2, 0) is 6.42 Å². The number of aryl methyl sites for hydroxylation is 1. The molecule has 1 aliphatic heterocycles. The molecule has 0 bridgehead atoms. The molecule has 172 valence electrons. The van der Waals surface area contributed by atoms with E-state index in [1.165, 1.54) is 5.56 Å². The van der Waals surface area contributed by atoms with Crippen LogP contribution in [0.2, 0.25) is 0 Å². The quantitative estimate of drug-likeness (QED) is 0.487. The van der Waals surface area contributed by atoms with Crippen LogP contribution in [0.25, 0.3) is 17.0 Å². The van der Waals surface area contributed by atoms with Crippen LogP contribution in [0.3, 0.4) is 0 Å². The molecule has 1 N–H and O–H groups in total. The van der Waals surface area contributed by atoms with Gasteiger partial charge in [-0.3, -0.25) is 4.90 Å². The van der Waals surface area contributed by atoms with Crippen molar-refractivity contribution in [1.82, 2.24) is 20.4 Å². The number of nitrogens with zero attached hydrogens (tertiary/aromatic N) is 3. The van der Waals surface area contributed by atoms with E-state index in [0.717, 1.165) is 47.4 Å². The average molecular weight is 447 g/mol. The number of carbonyl (C=O) groups is 1. The summed E-state index contributed by atoms with van der Waals surface area (Å²) in [6.07, 6.45) is 2.86. The predicted octanol–water partition coefficient (Wildman–Crippen LogP) is 5.61. The first kappa shape index (κ1) is 22.6. The maximum atomic E-state index is 13.0. The van der Waals surface area contributed by atoms with Crippen LogP contribution in [0.5, 0.6) is 5.75 Å². The van der Waals surface area contributed by atoms with Gasteiger partial charge in [0, 0.05) is 17.8 Å². The van der Waals surface area contributed by atoms with Crippen molar-refractivity contribution in [1.29, 1.82) is 0 Å². The highest BCUT2D eigenvalue weighted by molar-refractivity contribution is 5.86. The first-order chi connectivity index (χ1) is 16.0. The van der Waals surface area contributed by atoms with Gasteiger partial charge in [0.15, 0.2) is 0 Å². The highest BCUT2D eigenvalue weighted by Gasteiger charge is 2.35. The van der Waals surface area contributed by atoms with Crippen LogP contribution in [0.15, 0.2) is 58.8 Å². The fourth-order valence-corrected chi connectivity index (χ4v) is 4.05. The summed E-state index contributed by atoms with van der Waals surface area (Å²) in [4.78, 5) is 19.5. The van der Waals surface area contributed by atoms with Crippen LogP contribution < -0.4 is 10.1 Å². The Hall–Kier alpha value is -3.61. The molecule has 7 heteroatoms. The number of aromatic nitrogens is 2. The van der Waals surface area contributed by atoms with Crippen molar-refractivity contribution in [3.8, 4) is 17.1 Å². The van der Waals surface area contributed by atoms with Crippen molar-refractivity contribution in [2.75, 3.05) is 13.7 Å². The van der Waals surface area contributed by atoms with Crippen molar-refractivity contribution in [2.24, 2.45) is 0 Å². The third kappa shape index (κ3) is 4.62. The molecule has 3 aromatic rings. The second-order valence-corrected chi connectivity index (χ2v) is 8.14. The molecular weight excluding hydrogens is 416 g/mol. The number of hydrogen-bond acceptors (Lipinski definition) is 5. The molecule has 2 aromatic carbocycles. The molecule has 1 aliphatic rings. The summed E-state index contributed by atoms with van der Waals surface area (Å²) in [5.74, 6) is 1.59. The monoisotopic (exact) mass is 446 g/mol. The molecule has 1 unspecified atom stereocenters. The first-order valence-electron chi connectivity index (χ1n) is 11.4. The second-order valence-electron chi connectivity index (χ2n) is 8.14. The largest absolute Gasteiger partial charge is 0.497 e. The predicted molar refractivity (Wildman–Crippen MR) is 128 cm³/mol. The van der Waals surface area contributed by atoms with Crippen LogP contribution in [0.4, 0.5) is 4.79 Å². The molecule has 1 atom stereocenters. The van der Waals surface area contributed by atoms with E-state index in [4.69, 9.17) is 14.2 Å². The number of nitrogens with one attached hydrogen (secondary N) is 1. The third-order valence-corrected chi connectivity index (χ3v) is 6.04. The minimum Gasteiger partial charge on any atom is -0.497 e. The maximum absolute atomic E-state index is 13.0. The van der Waals surface area contributed by atoms with E-state index in [2.05, 4.69) is 48.6 Å². The SMILES string of the molecule is CCCCN1C(=O)NC(c2ccc(CC)cc2)C(c2nc(-c3cccc(OC)c3)no2)=C1C. The van der Waals surface area contributed by atoms with Crippen LogP contribution in [0.1, 0.15) is 56.7 Å². The Morgan fingerprint density at radius 2 is 1.94 bits per heavy atom. The Balaban J connectivity index is 1.78. The van der Waals surface area contributed by atoms with Crippen LogP contribution in [0, 0.1) is 0 Å². The molecule has 0 aliphatic carbocycles. The van der Waals surface area contributed by atoms with Crippen LogP contribution in [-0.4, -0.2) is 34.7 Å². The number of carbonyl (C=O) groups excluding carboxylic acids is 1. The molecule has 0 radical (unpaired) electrons. The number of ether oxygens (including phenoxy) is 1. The van der Waals surface area contributed by atoms with Crippen molar-refractivity contribution in [3.05, 3.63) is 71.2 Å². The zero-order valence-electron chi connectivity index (χ0n) is 19.6. The lowest BCUT2D eigenvalue weighted by molar-refractivity contribution is 0.204. The zero-order valence-corrected chi connectivity index (χ0v) is 19.6. The Bertz CT molecular complexity index is 1150. The lowest BCUT2D eigenvalue weighted by Crippen LogP contribution is -2.46. The number of benzene rings is 2. The summed E-state index contributed by atoms with van der Waals surface area (Å²) >= 11 is 0. The molecule has 0 saturated carbocycles. The molecule has 7 nitrogen and oxygen atoms in total. The lowest BCUT2D eigenvalue weighted by Gasteiger charge is -2.35. The van der Waals surface area contributed by atoms with Gasteiger partial charge in [0.25, 0.3) is 5.89 Å². The van der Waals surface area contributed by atoms with Gasteiger partial charge in [-0.25, -0.2) is 4.79 Å². The van der Waals surface area contributed by atoms with Gasteiger partial charge >= 0.3 is 6.03 Å². The summed E-state index contributed by atoms with van der Waals surface area (Å²) in [5.41, 5.74) is 4.67. The van der Waals surface area contributed by atoms with E-state index in [1.807, 2.05) is 31.2 Å². The van der Waals surface area contributed by atoms with E-state index in [-0.39, 0.29) is 12.1 Å². The Labute approximate surface area is 194 Å². The lowest BCUT2D eigenvalue weighted by atomic mass is 9.93. The number of hydrogen-bond donors (Lipinski definition) is 1. The molecule has 0 spiro atoms. The maximum Gasteiger partial charge on any atom is 0.322 e. The molecular formula is C26H30N4O3. The highest BCUT2D eigenvalue weighted by Crippen LogP contribution is 2.37. The molecule has 1 aromatic heterocycles. The van der Waals surface area contributed by atoms with Crippen molar-refractivity contribution in [2.45, 2.75) is 46.1 Å². The number of unbranched alkanes of at least 4 members (excludes halogenated alkanes) is 1. The van der Waals surface area contributed by atoms with E-state index in [1.54, 1.807) is 12.0 Å². The average Bonchev–Trinajstić information content (AvgIpc) is 3.33. The number of urea groups is 1. The van der Waals surface area contributed by atoms with E-state index in [0.29, 0.717) is 18.3 Å². The summed E-state index contributed by atoms with van der Waals surface area (Å²) in [7, 11) is 1.62. The molecule has 2 heterocycles. The van der Waals surface area contributed by atoms with Gasteiger partial charge in [-0.2, -0.15) is 4.98 Å². The van der Waals surface area contributed by atoms with E-state index < -0.39 is 0 Å². The van der Waals surface area contributed by atoms with Crippen molar-refractivity contribution < 1.29 is 14.1 Å². The fourth-order valence-electron chi connectivity index (χ4n) is 4.05. The number of methoxy groups -OCH3 is 1. The molecule has 2 amide bonds. The van der Waals surface area contributed by atoms with Gasteiger partial charge < -0.3 is 14.6 Å². The Kier molecular flexibility index (Phi) is 6.77. The van der Waals surface area contributed by atoms with Gasteiger partial charge in [-0.05, 0) is 43.0 Å². The topological polar surface area (TPSA) is 80.5 Å². The van der Waals surface area contributed by atoms with Crippen molar-refractivity contribution in [3.63, 3.8) is 0 Å². The zero-order chi connectivity index (χ0) is 23.4. The minimum atomic E-state index is -0.375. The smallest absolute Gasteiger partial charge is 0.322 e. The summed E-state index contributed by atoms with van der Waals surface area (Å²) in [6, 6.07) is 15.3. The summed E-state index contributed by atoms with van der Waals surface area (Å²) in [6.45, 7) is 6.82. The normalized spacial score (nSPS) is 16.2. The second kappa shape index (κ2) is 9.90. The molecule has 0 saturated heterocycles. The van der Waals surface area contributed by atoms with E-state index >= 15 is 0 Å². The Morgan fingerprint density at radius 3 is 2.64 bits per heavy atom. The van der Waals surface area contributed by atoms with Gasteiger partial charge in [0.2, 0.25) is 5.82 Å². The number of rotatable bonds is 8. The molecule has 4 rings (SSSR count). The third-order valence-electron chi connectivity index (χ3n) is 6.04. The fraction of sp³-hybridized carbons (Fsp3) is 0.346. The van der Waals surface area contributed by atoms with Gasteiger partial charge in [-0.1, -0.05) is 61.8 Å². The van der Waals surface area contributed by atoms with Crippen LogP contribution >= 0.6 is 0 Å². The number of allylic oxidation sites excluding steroid dienone is 1. The highest BCUT2D eigenvalue weighted by atomic mass is 16.5. The van der Waals surface area contributed by atoms with Gasteiger partial charge in [0.05, 0.1) is 18.7 Å².